The molecule has 1 heterocycles. The second kappa shape index (κ2) is 7.49. The average molecular weight is 374 g/mol. The lowest BCUT2D eigenvalue weighted by molar-refractivity contribution is 0.0736. The maximum atomic E-state index is 12.6. The van der Waals surface area contributed by atoms with Crippen LogP contribution in [0.4, 0.5) is 0 Å². The molecule has 26 heavy (non-hydrogen) atoms. The number of methoxy groups -OCH3 is 3. The van der Waals surface area contributed by atoms with E-state index in [4.69, 9.17) is 30.5 Å². The van der Waals surface area contributed by atoms with Crippen LogP contribution in [-0.2, 0) is 0 Å². The summed E-state index contributed by atoms with van der Waals surface area (Å²) in [6.45, 7) is 0. The third-order valence-corrected chi connectivity index (χ3v) is 4.11. The van der Waals surface area contributed by atoms with Crippen molar-refractivity contribution in [2.24, 2.45) is 0 Å². The van der Waals surface area contributed by atoms with Crippen LogP contribution >= 0.6 is 11.6 Å². The monoisotopic (exact) mass is 373 g/mol. The fraction of sp³-hybridized carbons (Fsp3) is 0.158. The zero-order valence-corrected chi connectivity index (χ0v) is 15.2. The van der Waals surface area contributed by atoms with Crippen LogP contribution in [0.25, 0.3) is 10.9 Å². The number of esters is 1. The van der Waals surface area contributed by atoms with Crippen LogP contribution in [0.15, 0.2) is 42.6 Å². The molecule has 0 spiro atoms. The van der Waals surface area contributed by atoms with Crippen LogP contribution in [0.3, 0.4) is 0 Å². The predicted molar refractivity (Wildman–Crippen MR) is 97.8 cm³/mol. The van der Waals surface area contributed by atoms with Gasteiger partial charge in [0.15, 0.2) is 17.2 Å². The van der Waals surface area contributed by atoms with Crippen molar-refractivity contribution in [3.05, 3.63) is 53.2 Å². The highest BCUT2D eigenvalue weighted by Crippen LogP contribution is 2.38. The largest absolute Gasteiger partial charge is 0.493 e. The van der Waals surface area contributed by atoms with Crippen molar-refractivity contribution in [1.82, 2.24) is 4.98 Å². The number of halogens is 1. The normalized spacial score (nSPS) is 10.5. The molecule has 7 heteroatoms. The SMILES string of the molecule is COc1cc(C(=O)Oc2ccc(Cl)c3cccnc23)cc(OC)c1OC. The first-order chi connectivity index (χ1) is 12.6. The van der Waals surface area contributed by atoms with Gasteiger partial charge in [0, 0.05) is 11.6 Å². The van der Waals surface area contributed by atoms with Gasteiger partial charge < -0.3 is 18.9 Å². The molecule has 0 amide bonds. The topological polar surface area (TPSA) is 66.9 Å². The minimum Gasteiger partial charge on any atom is -0.493 e. The van der Waals surface area contributed by atoms with E-state index in [0.717, 1.165) is 0 Å². The highest BCUT2D eigenvalue weighted by molar-refractivity contribution is 6.35. The average Bonchev–Trinajstić information content (AvgIpc) is 2.68. The molecular weight excluding hydrogens is 358 g/mol. The van der Waals surface area contributed by atoms with Crippen molar-refractivity contribution in [1.29, 1.82) is 0 Å². The number of rotatable bonds is 5. The molecule has 0 atom stereocenters. The second-order valence-corrected chi connectivity index (χ2v) is 5.66. The van der Waals surface area contributed by atoms with E-state index in [2.05, 4.69) is 4.98 Å². The maximum absolute atomic E-state index is 12.6. The van der Waals surface area contributed by atoms with Gasteiger partial charge in [0.1, 0.15) is 5.52 Å². The van der Waals surface area contributed by atoms with Crippen LogP contribution in [0.1, 0.15) is 10.4 Å². The summed E-state index contributed by atoms with van der Waals surface area (Å²) in [6, 6.07) is 9.88. The molecule has 0 aliphatic carbocycles. The summed E-state index contributed by atoms with van der Waals surface area (Å²) in [6.07, 6.45) is 1.61. The van der Waals surface area contributed by atoms with Crippen LogP contribution in [0.5, 0.6) is 23.0 Å². The summed E-state index contributed by atoms with van der Waals surface area (Å²) in [7, 11) is 4.44. The Labute approximate surface area is 155 Å². The van der Waals surface area contributed by atoms with Gasteiger partial charge >= 0.3 is 5.97 Å². The van der Waals surface area contributed by atoms with E-state index in [0.29, 0.717) is 38.9 Å². The van der Waals surface area contributed by atoms with Gasteiger partial charge in [-0.05, 0) is 36.4 Å². The molecule has 0 N–H and O–H groups in total. The van der Waals surface area contributed by atoms with Gasteiger partial charge in [0.05, 0.1) is 31.9 Å². The van der Waals surface area contributed by atoms with Crippen molar-refractivity contribution in [3.63, 3.8) is 0 Å². The van der Waals surface area contributed by atoms with Crippen molar-refractivity contribution in [2.45, 2.75) is 0 Å². The zero-order valence-electron chi connectivity index (χ0n) is 14.4. The van der Waals surface area contributed by atoms with Crippen LogP contribution < -0.4 is 18.9 Å². The van der Waals surface area contributed by atoms with Crippen molar-refractivity contribution >= 4 is 28.5 Å². The molecule has 0 bridgehead atoms. The molecular formula is C19H16ClNO5. The third kappa shape index (κ3) is 3.23. The van der Waals surface area contributed by atoms with Gasteiger partial charge in [0.2, 0.25) is 5.75 Å². The maximum Gasteiger partial charge on any atom is 0.343 e. The molecule has 0 aliphatic rings. The second-order valence-electron chi connectivity index (χ2n) is 5.25. The van der Waals surface area contributed by atoms with Crippen LogP contribution in [-0.4, -0.2) is 32.3 Å². The van der Waals surface area contributed by atoms with Crippen molar-refractivity contribution in [2.75, 3.05) is 21.3 Å². The first-order valence-electron chi connectivity index (χ1n) is 7.64. The molecule has 0 radical (unpaired) electrons. The van der Waals surface area contributed by atoms with Crippen molar-refractivity contribution in [3.8, 4) is 23.0 Å². The van der Waals surface area contributed by atoms with E-state index in [9.17, 15) is 4.79 Å². The molecule has 1 aromatic heterocycles. The molecule has 0 saturated carbocycles. The summed E-state index contributed by atoms with van der Waals surface area (Å²) < 4.78 is 21.3. The van der Waals surface area contributed by atoms with E-state index in [1.807, 2.05) is 0 Å². The van der Waals surface area contributed by atoms with Gasteiger partial charge in [-0.25, -0.2) is 4.79 Å². The number of ether oxygens (including phenoxy) is 4. The molecule has 3 aromatic rings. The first kappa shape index (κ1) is 17.8. The fourth-order valence-electron chi connectivity index (χ4n) is 2.55. The highest BCUT2D eigenvalue weighted by Gasteiger charge is 2.19. The Hall–Kier alpha value is -2.99. The molecule has 0 saturated heterocycles. The van der Waals surface area contributed by atoms with Crippen LogP contribution in [0.2, 0.25) is 5.02 Å². The summed E-state index contributed by atoms with van der Waals surface area (Å²) >= 11 is 6.17. The number of hydrogen-bond acceptors (Lipinski definition) is 6. The Balaban J connectivity index is 2.00. The Kier molecular flexibility index (Phi) is 5.14. The quantitative estimate of drug-likeness (QED) is 0.494. The molecule has 0 unspecified atom stereocenters. The Morgan fingerprint density at radius 3 is 2.27 bits per heavy atom. The number of nitrogens with zero attached hydrogens (tertiary/aromatic N) is 1. The van der Waals surface area contributed by atoms with E-state index in [1.54, 1.807) is 30.5 Å². The van der Waals surface area contributed by atoms with E-state index in [1.165, 1.54) is 33.5 Å². The van der Waals surface area contributed by atoms with E-state index in [-0.39, 0.29) is 5.56 Å². The number of benzene rings is 2. The summed E-state index contributed by atoms with van der Waals surface area (Å²) in [4.78, 5) is 16.9. The number of pyridine rings is 1. The van der Waals surface area contributed by atoms with E-state index < -0.39 is 5.97 Å². The van der Waals surface area contributed by atoms with Gasteiger partial charge in [-0.1, -0.05) is 11.6 Å². The van der Waals surface area contributed by atoms with Gasteiger partial charge in [-0.3, -0.25) is 4.98 Å². The molecule has 0 aliphatic heterocycles. The lowest BCUT2D eigenvalue weighted by atomic mass is 10.1. The summed E-state index contributed by atoms with van der Waals surface area (Å²) in [5.74, 6) is 0.836. The minimum atomic E-state index is -0.585. The number of aromatic nitrogens is 1. The number of fused-ring (bicyclic) bond motifs is 1. The molecule has 6 nitrogen and oxygen atoms in total. The number of carbonyl (C=O) groups is 1. The number of carbonyl (C=O) groups excluding carboxylic acids is 1. The fourth-order valence-corrected chi connectivity index (χ4v) is 2.77. The third-order valence-electron chi connectivity index (χ3n) is 3.78. The Bertz CT molecular complexity index is 948. The smallest absolute Gasteiger partial charge is 0.343 e. The molecule has 134 valence electrons. The Morgan fingerprint density at radius 2 is 1.65 bits per heavy atom. The standard InChI is InChI=1S/C19H16ClNO5/c1-23-15-9-11(10-16(24-2)18(15)25-3)19(22)26-14-7-6-13(20)12-5-4-8-21-17(12)14/h4-10H,1-3H3. The first-order valence-corrected chi connectivity index (χ1v) is 8.02. The van der Waals surface area contributed by atoms with E-state index >= 15 is 0 Å². The lowest BCUT2D eigenvalue weighted by Gasteiger charge is -2.14. The van der Waals surface area contributed by atoms with Crippen molar-refractivity contribution < 1.29 is 23.7 Å². The van der Waals surface area contributed by atoms with Gasteiger partial charge in [0.25, 0.3) is 0 Å². The summed E-state index contributed by atoms with van der Waals surface area (Å²) in [5, 5.41) is 1.23. The molecule has 2 aromatic carbocycles. The molecule has 0 fully saturated rings. The molecule has 3 rings (SSSR count). The predicted octanol–water partition coefficient (Wildman–Crippen LogP) is 4.13. The van der Waals surface area contributed by atoms with Gasteiger partial charge in [-0.2, -0.15) is 0 Å². The lowest BCUT2D eigenvalue weighted by Crippen LogP contribution is -2.10. The highest BCUT2D eigenvalue weighted by atomic mass is 35.5. The van der Waals surface area contributed by atoms with Gasteiger partial charge in [-0.15, -0.1) is 0 Å². The summed E-state index contributed by atoms with van der Waals surface area (Å²) in [5.41, 5.74) is 0.749. The number of hydrogen-bond donors (Lipinski definition) is 0. The van der Waals surface area contributed by atoms with Crippen LogP contribution in [0, 0.1) is 0 Å². The Morgan fingerprint density at radius 1 is 0.962 bits per heavy atom. The minimum absolute atomic E-state index is 0.249. The zero-order chi connectivity index (χ0) is 18.7.